The normalized spacial score (nSPS) is 13.8. The lowest BCUT2D eigenvalue weighted by Crippen LogP contribution is -2.36. The number of rotatable bonds is 4. The van der Waals surface area contributed by atoms with Gasteiger partial charge < -0.3 is 10.4 Å². The Morgan fingerprint density at radius 2 is 1.81 bits per heavy atom. The van der Waals surface area contributed by atoms with Crippen molar-refractivity contribution in [3.05, 3.63) is 64.7 Å². The highest BCUT2D eigenvalue weighted by atomic mass is 19.1. The van der Waals surface area contributed by atoms with Crippen LogP contribution in [0.1, 0.15) is 23.6 Å². The number of aliphatic hydroxyl groups excluding tert-OH is 1. The average molecular weight is 291 g/mol. The highest BCUT2D eigenvalue weighted by Gasteiger charge is 2.26. The SMILES string of the molecule is Cc1cc(F)cc(NC(C)(CO)c2ccc(C)c(F)c2)c1. The number of aliphatic hydroxyl groups is 1. The zero-order valence-electron chi connectivity index (χ0n) is 12.4. The van der Waals surface area contributed by atoms with E-state index in [1.165, 1.54) is 18.2 Å². The number of halogens is 2. The van der Waals surface area contributed by atoms with E-state index in [2.05, 4.69) is 5.32 Å². The fourth-order valence-electron chi connectivity index (χ4n) is 2.27. The zero-order chi connectivity index (χ0) is 15.6. The lowest BCUT2D eigenvalue weighted by molar-refractivity contribution is 0.223. The van der Waals surface area contributed by atoms with Gasteiger partial charge in [-0.05, 0) is 61.7 Å². The number of hydrogen-bond donors (Lipinski definition) is 2. The van der Waals surface area contributed by atoms with Crippen LogP contribution in [0.25, 0.3) is 0 Å². The van der Waals surface area contributed by atoms with Crippen LogP contribution < -0.4 is 5.32 Å². The van der Waals surface area contributed by atoms with Crippen LogP contribution in [0.2, 0.25) is 0 Å². The van der Waals surface area contributed by atoms with Crippen molar-refractivity contribution in [1.82, 2.24) is 0 Å². The van der Waals surface area contributed by atoms with Crippen LogP contribution in [0, 0.1) is 25.5 Å². The molecule has 2 rings (SSSR count). The predicted molar refractivity (Wildman–Crippen MR) is 80.3 cm³/mol. The minimum absolute atomic E-state index is 0.245. The summed E-state index contributed by atoms with van der Waals surface area (Å²) in [5, 5.41) is 12.8. The second-order valence-corrected chi connectivity index (χ2v) is 5.60. The molecule has 0 amide bonds. The molecule has 1 unspecified atom stereocenters. The molecule has 112 valence electrons. The summed E-state index contributed by atoms with van der Waals surface area (Å²) in [6.07, 6.45) is 0. The molecule has 4 heteroatoms. The lowest BCUT2D eigenvalue weighted by Gasteiger charge is -2.31. The van der Waals surface area contributed by atoms with Gasteiger partial charge in [-0.3, -0.25) is 0 Å². The summed E-state index contributed by atoms with van der Waals surface area (Å²) >= 11 is 0. The van der Waals surface area contributed by atoms with Gasteiger partial charge in [-0.15, -0.1) is 0 Å². The molecule has 0 aliphatic carbocycles. The molecule has 21 heavy (non-hydrogen) atoms. The van der Waals surface area contributed by atoms with E-state index in [1.54, 1.807) is 39.0 Å². The van der Waals surface area contributed by atoms with E-state index < -0.39 is 5.54 Å². The van der Waals surface area contributed by atoms with Gasteiger partial charge in [-0.1, -0.05) is 12.1 Å². The van der Waals surface area contributed by atoms with Crippen LogP contribution in [0.4, 0.5) is 14.5 Å². The van der Waals surface area contributed by atoms with E-state index >= 15 is 0 Å². The van der Waals surface area contributed by atoms with E-state index in [0.717, 1.165) is 5.56 Å². The van der Waals surface area contributed by atoms with Gasteiger partial charge >= 0.3 is 0 Å². The Kier molecular flexibility index (Phi) is 4.28. The third-order valence-corrected chi connectivity index (χ3v) is 3.59. The highest BCUT2D eigenvalue weighted by molar-refractivity contribution is 5.50. The summed E-state index contributed by atoms with van der Waals surface area (Å²) in [4.78, 5) is 0. The fraction of sp³-hybridized carbons (Fsp3) is 0.294. The molecule has 0 saturated heterocycles. The van der Waals surface area contributed by atoms with Crippen molar-refractivity contribution in [3.8, 4) is 0 Å². The van der Waals surface area contributed by atoms with Crippen molar-refractivity contribution in [3.63, 3.8) is 0 Å². The molecule has 2 N–H and O–H groups in total. The Morgan fingerprint density at radius 1 is 1.10 bits per heavy atom. The van der Waals surface area contributed by atoms with E-state index in [0.29, 0.717) is 16.8 Å². The first kappa shape index (κ1) is 15.4. The monoisotopic (exact) mass is 291 g/mol. The number of nitrogens with one attached hydrogen (secondary N) is 1. The summed E-state index contributed by atoms with van der Waals surface area (Å²) in [7, 11) is 0. The summed E-state index contributed by atoms with van der Waals surface area (Å²) in [6.45, 7) is 4.97. The molecule has 0 radical (unpaired) electrons. The Balaban J connectivity index is 2.38. The van der Waals surface area contributed by atoms with Crippen molar-refractivity contribution >= 4 is 5.69 Å². The maximum atomic E-state index is 13.7. The van der Waals surface area contributed by atoms with E-state index in [1.807, 2.05) is 0 Å². The van der Waals surface area contributed by atoms with Crippen molar-refractivity contribution in [2.45, 2.75) is 26.3 Å². The topological polar surface area (TPSA) is 32.3 Å². The molecule has 0 aliphatic heterocycles. The Labute approximate surface area is 123 Å². The molecule has 2 aromatic rings. The van der Waals surface area contributed by atoms with Crippen molar-refractivity contribution in [2.75, 3.05) is 11.9 Å². The minimum Gasteiger partial charge on any atom is -0.394 e. The summed E-state index contributed by atoms with van der Waals surface area (Å²) in [5.74, 6) is -0.683. The van der Waals surface area contributed by atoms with Crippen LogP contribution in [-0.2, 0) is 5.54 Å². The van der Waals surface area contributed by atoms with Gasteiger partial charge in [0.1, 0.15) is 11.6 Å². The zero-order valence-corrected chi connectivity index (χ0v) is 12.4. The summed E-state index contributed by atoms with van der Waals surface area (Å²) < 4.78 is 27.2. The maximum absolute atomic E-state index is 13.7. The third kappa shape index (κ3) is 3.39. The quantitative estimate of drug-likeness (QED) is 0.895. The molecule has 0 heterocycles. The van der Waals surface area contributed by atoms with Gasteiger partial charge in [-0.25, -0.2) is 8.78 Å². The van der Waals surface area contributed by atoms with Crippen molar-refractivity contribution in [2.24, 2.45) is 0 Å². The molecule has 2 aromatic carbocycles. The molecule has 0 aliphatic rings. The van der Waals surface area contributed by atoms with Gasteiger partial charge in [0.25, 0.3) is 0 Å². The first-order valence-corrected chi connectivity index (χ1v) is 6.77. The van der Waals surface area contributed by atoms with Crippen molar-refractivity contribution in [1.29, 1.82) is 0 Å². The van der Waals surface area contributed by atoms with Gasteiger partial charge in [0.2, 0.25) is 0 Å². The molecular formula is C17H19F2NO. The summed E-state index contributed by atoms with van der Waals surface area (Å²) in [5.41, 5.74) is 1.57. The number of aryl methyl sites for hydroxylation is 2. The number of benzene rings is 2. The fourth-order valence-corrected chi connectivity index (χ4v) is 2.27. The van der Waals surface area contributed by atoms with E-state index in [9.17, 15) is 13.9 Å². The molecule has 0 saturated carbocycles. The molecule has 2 nitrogen and oxygen atoms in total. The minimum atomic E-state index is -0.894. The molecule has 0 aromatic heterocycles. The first-order chi connectivity index (χ1) is 9.84. The molecule has 1 atom stereocenters. The van der Waals surface area contributed by atoms with Gasteiger partial charge in [0.15, 0.2) is 0 Å². The van der Waals surface area contributed by atoms with Crippen LogP contribution >= 0.6 is 0 Å². The second kappa shape index (κ2) is 5.82. The average Bonchev–Trinajstić information content (AvgIpc) is 2.40. The van der Waals surface area contributed by atoms with E-state index in [-0.39, 0.29) is 18.2 Å². The Morgan fingerprint density at radius 3 is 2.38 bits per heavy atom. The van der Waals surface area contributed by atoms with Crippen molar-refractivity contribution < 1.29 is 13.9 Å². The maximum Gasteiger partial charge on any atom is 0.126 e. The van der Waals surface area contributed by atoms with Gasteiger partial charge in [0.05, 0.1) is 12.1 Å². The molecule has 0 spiro atoms. The second-order valence-electron chi connectivity index (χ2n) is 5.60. The number of hydrogen-bond acceptors (Lipinski definition) is 2. The summed E-state index contributed by atoms with van der Waals surface area (Å²) in [6, 6.07) is 9.37. The van der Waals surface area contributed by atoms with Crippen LogP contribution in [0.15, 0.2) is 36.4 Å². The molecular weight excluding hydrogens is 272 g/mol. The predicted octanol–water partition coefficient (Wildman–Crippen LogP) is 3.90. The van der Waals surface area contributed by atoms with Gasteiger partial charge in [-0.2, -0.15) is 0 Å². The Hall–Kier alpha value is -1.94. The smallest absolute Gasteiger partial charge is 0.126 e. The first-order valence-electron chi connectivity index (χ1n) is 6.77. The lowest BCUT2D eigenvalue weighted by atomic mass is 9.91. The molecule has 0 fully saturated rings. The van der Waals surface area contributed by atoms with Crippen LogP contribution in [-0.4, -0.2) is 11.7 Å². The largest absolute Gasteiger partial charge is 0.394 e. The third-order valence-electron chi connectivity index (χ3n) is 3.59. The highest BCUT2D eigenvalue weighted by Crippen LogP contribution is 2.28. The Bertz CT molecular complexity index is 637. The van der Waals surface area contributed by atoms with E-state index in [4.69, 9.17) is 0 Å². The number of anilines is 1. The van der Waals surface area contributed by atoms with Gasteiger partial charge in [0, 0.05) is 5.69 Å². The molecule has 0 bridgehead atoms. The van der Waals surface area contributed by atoms with Crippen LogP contribution in [0.5, 0.6) is 0 Å². The standard InChI is InChI=1S/C17H19F2NO/c1-11-6-14(18)9-15(7-11)20-17(3,10-21)13-5-4-12(2)16(19)8-13/h4-9,20-21H,10H2,1-3H3. The van der Waals surface area contributed by atoms with Crippen LogP contribution in [0.3, 0.4) is 0 Å².